The molecule has 2 aliphatic rings. The summed E-state index contributed by atoms with van der Waals surface area (Å²) in [7, 11) is 0. The maximum absolute atomic E-state index is 5.48. The Balaban J connectivity index is 1.67. The molecule has 3 nitrogen and oxygen atoms in total. The summed E-state index contributed by atoms with van der Waals surface area (Å²) in [5, 5.41) is 3.58. The highest BCUT2D eigenvalue weighted by molar-refractivity contribution is 9.10. The number of hydrogen-bond acceptors (Lipinski definition) is 3. The van der Waals surface area contributed by atoms with Crippen LogP contribution in [0.25, 0.3) is 0 Å². The zero-order valence-electron chi connectivity index (χ0n) is 11.6. The van der Waals surface area contributed by atoms with E-state index in [1.165, 1.54) is 12.0 Å². The van der Waals surface area contributed by atoms with Gasteiger partial charge in [0.25, 0.3) is 0 Å². The lowest BCUT2D eigenvalue weighted by atomic mass is 10.1. The fourth-order valence-electron chi connectivity index (χ4n) is 2.52. The zero-order chi connectivity index (χ0) is 13.6. The van der Waals surface area contributed by atoms with Gasteiger partial charge in [-0.1, -0.05) is 0 Å². The highest BCUT2D eigenvalue weighted by Crippen LogP contribution is 2.51. The van der Waals surface area contributed by atoms with E-state index in [1.54, 1.807) is 0 Å². The van der Waals surface area contributed by atoms with E-state index in [-0.39, 0.29) is 5.54 Å². The van der Waals surface area contributed by atoms with Crippen LogP contribution in [-0.4, -0.2) is 18.9 Å². The minimum atomic E-state index is 0.197. The predicted molar refractivity (Wildman–Crippen MR) is 78.9 cm³/mol. The van der Waals surface area contributed by atoms with Crippen LogP contribution >= 0.6 is 15.9 Å². The Morgan fingerprint density at radius 1 is 1.32 bits per heavy atom. The van der Waals surface area contributed by atoms with Crippen LogP contribution in [-0.2, 0) is 0 Å². The summed E-state index contributed by atoms with van der Waals surface area (Å²) in [5.74, 6) is 3.11. The van der Waals surface area contributed by atoms with Gasteiger partial charge >= 0.3 is 0 Å². The molecular formula is C15H20BrNO2. The molecule has 1 saturated carbocycles. The molecule has 0 amide bonds. The summed E-state index contributed by atoms with van der Waals surface area (Å²) in [4.78, 5) is 0. The molecule has 2 atom stereocenters. The molecule has 0 saturated heterocycles. The van der Waals surface area contributed by atoms with Gasteiger partial charge in [0.05, 0.1) is 4.47 Å². The fraction of sp³-hybridized carbons (Fsp3) is 0.600. The number of hydrogen-bond donors (Lipinski definition) is 1. The monoisotopic (exact) mass is 325 g/mol. The number of fused-ring (bicyclic) bond motifs is 1. The maximum atomic E-state index is 5.48. The van der Waals surface area contributed by atoms with Gasteiger partial charge in [-0.3, -0.25) is 0 Å². The summed E-state index contributed by atoms with van der Waals surface area (Å²) in [6.45, 7) is 8.04. The molecule has 2 unspecified atom stereocenters. The van der Waals surface area contributed by atoms with Crippen molar-refractivity contribution in [3.63, 3.8) is 0 Å². The van der Waals surface area contributed by atoms with Gasteiger partial charge in [-0.25, -0.2) is 0 Å². The molecular weight excluding hydrogens is 306 g/mol. The second-order valence-electron chi connectivity index (χ2n) is 6.47. The van der Waals surface area contributed by atoms with Crippen LogP contribution in [0.1, 0.15) is 38.7 Å². The molecule has 19 heavy (non-hydrogen) atoms. The molecule has 1 aromatic rings. The van der Waals surface area contributed by atoms with Gasteiger partial charge in [0.1, 0.15) is 0 Å². The number of halogens is 1. The number of ether oxygens (including phenoxy) is 2. The molecule has 0 bridgehead atoms. The Morgan fingerprint density at radius 2 is 2.11 bits per heavy atom. The smallest absolute Gasteiger partial charge is 0.231 e. The van der Waals surface area contributed by atoms with Gasteiger partial charge < -0.3 is 14.8 Å². The normalized spacial score (nSPS) is 24.6. The molecule has 1 aliphatic heterocycles. The van der Waals surface area contributed by atoms with E-state index < -0.39 is 0 Å². The third-order valence-corrected chi connectivity index (χ3v) is 4.28. The zero-order valence-corrected chi connectivity index (χ0v) is 13.2. The van der Waals surface area contributed by atoms with Gasteiger partial charge in [-0.2, -0.15) is 0 Å². The lowest BCUT2D eigenvalue weighted by Crippen LogP contribution is -2.37. The van der Waals surface area contributed by atoms with E-state index in [9.17, 15) is 0 Å². The molecule has 0 aromatic heterocycles. The second-order valence-corrected chi connectivity index (χ2v) is 7.32. The van der Waals surface area contributed by atoms with Crippen molar-refractivity contribution >= 4 is 15.9 Å². The summed E-state index contributed by atoms with van der Waals surface area (Å²) < 4.78 is 11.9. The average Bonchev–Trinajstić information content (AvgIpc) is 2.94. The predicted octanol–water partition coefficient (Wildman–Crippen LogP) is 3.67. The molecule has 104 valence electrons. The van der Waals surface area contributed by atoms with Crippen LogP contribution in [0.4, 0.5) is 0 Å². The topological polar surface area (TPSA) is 30.5 Å². The van der Waals surface area contributed by atoms with Crippen LogP contribution in [0.15, 0.2) is 16.6 Å². The van der Waals surface area contributed by atoms with Crippen molar-refractivity contribution in [2.24, 2.45) is 5.92 Å². The molecule has 0 radical (unpaired) electrons. The van der Waals surface area contributed by atoms with Crippen molar-refractivity contribution in [2.45, 2.75) is 38.6 Å². The maximum Gasteiger partial charge on any atom is 0.231 e. The number of benzene rings is 1. The standard InChI is InChI=1S/C15H20BrNO2/c1-15(2,3)17-7-10-4-11(10)9-5-12(16)14-13(6-9)18-8-19-14/h5-6,10-11,17H,4,7-8H2,1-3H3. The van der Waals surface area contributed by atoms with Gasteiger partial charge in [0.15, 0.2) is 11.5 Å². The van der Waals surface area contributed by atoms with Gasteiger partial charge in [-0.05, 0) is 79.2 Å². The third kappa shape index (κ3) is 2.90. The van der Waals surface area contributed by atoms with Crippen molar-refractivity contribution in [1.82, 2.24) is 5.32 Å². The molecule has 0 spiro atoms. The van der Waals surface area contributed by atoms with Gasteiger partial charge in [0.2, 0.25) is 6.79 Å². The number of rotatable bonds is 3. The first-order valence-electron chi connectivity index (χ1n) is 6.78. The fourth-order valence-corrected chi connectivity index (χ4v) is 3.09. The van der Waals surface area contributed by atoms with Crippen LogP contribution in [0.5, 0.6) is 11.5 Å². The Morgan fingerprint density at radius 3 is 2.84 bits per heavy atom. The first-order chi connectivity index (χ1) is 8.94. The minimum Gasteiger partial charge on any atom is -0.454 e. The molecule has 1 N–H and O–H groups in total. The average molecular weight is 326 g/mol. The van der Waals surface area contributed by atoms with E-state index >= 15 is 0 Å². The lowest BCUT2D eigenvalue weighted by Gasteiger charge is -2.20. The van der Waals surface area contributed by atoms with Gasteiger partial charge in [0, 0.05) is 5.54 Å². The van der Waals surface area contributed by atoms with Crippen molar-refractivity contribution in [2.75, 3.05) is 13.3 Å². The van der Waals surface area contributed by atoms with Crippen molar-refractivity contribution in [3.05, 3.63) is 22.2 Å². The summed E-state index contributed by atoms with van der Waals surface area (Å²) >= 11 is 3.56. The lowest BCUT2D eigenvalue weighted by molar-refractivity contribution is 0.173. The summed E-state index contributed by atoms with van der Waals surface area (Å²) in [6, 6.07) is 4.31. The van der Waals surface area contributed by atoms with E-state index in [0.717, 1.165) is 28.4 Å². The highest BCUT2D eigenvalue weighted by atomic mass is 79.9. The molecule has 1 fully saturated rings. The van der Waals surface area contributed by atoms with Gasteiger partial charge in [-0.15, -0.1) is 0 Å². The molecule has 1 heterocycles. The first-order valence-corrected chi connectivity index (χ1v) is 7.57. The van der Waals surface area contributed by atoms with E-state index in [2.05, 4.69) is 54.2 Å². The van der Waals surface area contributed by atoms with E-state index in [4.69, 9.17) is 9.47 Å². The molecule has 1 aromatic carbocycles. The minimum absolute atomic E-state index is 0.197. The Labute approximate surface area is 122 Å². The van der Waals surface area contributed by atoms with Crippen LogP contribution in [0, 0.1) is 5.92 Å². The van der Waals surface area contributed by atoms with Crippen LogP contribution < -0.4 is 14.8 Å². The Kier molecular flexibility index (Phi) is 3.26. The quantitative estimate of drug-likeness (QED) is 0.919. The molecule has 4 heteroatoms. The van der Waals surface area contributed by atoms with Crippen molar-refractivity contribution in [1.29, 1.82) is 0 Å². The Hall–Kier alpha value is -0.740. The SMILES string of the molecule is CC(C)(C)NCC1CC1c1cc(Br)c2c(c1)OCO2. The van der Waals surface area contributed by atoms with Crippen molar-refractivity contribution < 1.29 is 9.47 Å². The van der Waals surface area contributed by atoms with E-state index in [0.29, 0.717) is 12.7 Å². The number of nitrogens with one attached hydrogen (secondary N) is 1. The Bertz CT molecular complexity index is 496. The summed E-state index contributed by atoms with van der Waals surface area (Å²) in [6.07, 6.45) is 1.26. The first kappa shape index (κ1) is 13.3. The molecule has 3 rings (SSSR count). The van der Waals surface area contributed by atoms with Crippen LogP contribution in [0.3, 0.4) is 0 Å². The molecule has 1 aliphatic carbocycles. The van der Waals surface area contributed by atoms with Crippen LogP contribution in [0.2, 0.25) is 0 Å². The highest BCUT2D eigenvalue weighted by Gasteiger charge is 2.39. The second kappa shape index (κ2) is 4.67. The third-order valence-electron chi connectivity index (χ3n) is 3.69. The largest absolute Gasteiger partial charge is 0.454 e. The van der Waals surface area contributed by atoms with E-state index in [1.807, 2.05) is 0 Å². The van der Waals surface area contributed by atoms with Crippen molar-refractivity contribution in [3.8, 4) is 11.5 Å². The summed E-state index contributed by atoms with van der Waals surface area (Å²) in [5.41, 5.74) is 1.56.